The van der Waals surface area contributed by atoms with Crippen molar-refractivity contribution in [3.63, 3.8) is 0 Å². The van der Waals surface area contributed by atoms with E-state index >= 15 is 0 Å². The molecule has 0 bridgehead atoms. The highest BCUT2D eigenvalue weighted by molar-refractivity contribution is 7.89. The summed E-state index contributed by atoms with van der Waals surface area (Å²) in [5.41, 5.74) is 0. The fraction of sp³-hybridized carbons (Fsp3) is 0.571. The van der Waals surface area contributed by atoms with E-state index in [1.807, 2.05) is 13.8 Å². The van der Waals surface area contributed by atoms with E-state index in [-0.39, 0.29) is 11.4 Å². The van der Waals surface area contributed by atoms with Gasteiger partial charge >= 0.3 is 6.36 Å². The summed E-state index contributed by atoms with van der Waals surface area (Å²) in [4.78, 5) is 2.06. The van der Waals surface area contributed by atoms with E-state index in [1.165, 1.54) is 0 Å². The van der Waals surface area contributed by atoms with Gasteiger partial charge in [0.25, 0.3) is 0 Å². The van der Waals surface area contributed by atoms with Gasteiger partial charge in [0.2, 0.25) is 10.0 Å². The lowest BCUT2D eigenvalue weighted by molar-refractivity contribution is -0.274. The number of hydrogen-bond donors (Lipinski definition) is 1. The fourth-order valence-corrected chi connectivity index (χ4v) is 3.03. The number of nitrogens with zero attached hydrogens (tertiary/aromatic N) is 1. The zero-order valence-corrected chi connectivity index (χ0v) is 13.9. The second-order valence-corrected chi connectivity index (χ2v) is 6.56. The molecule has 1 aromatic carbocycles. The van der Waals surface area contributed by atoms with Crippen molar-refractivity contribution in [3.8, 4) is 5.75 Å². The molecular weight excluding hydrogens is 333 g/mol. The Kier molecular flexibility index (Phi) is 7.30. The quantitative estimate of drug-likeness (QED) is 0.693. The molecule has 0 fully saturated rings. The van der Waals surface area contributed by atoms with Crippen molar-refractivity contribution in [1.29, 1.82) is 0 Å². The molecule has 1 N–H and O–H groups in total. The van der Waals surface area contributed by atoms with Crippen LogP contribution in [0.5, 0.6) is 5.75 Å². The Morgan fingerprint density at radius 1 is 1.13 bits per heavy atom. The maximum absolute atomic E-state index is 12.0. The van der Waals surface area contributed by atoms with Crippen molar-refractivity contribution in [3.05, 3.63) is 24.3 Å². The average Bonchev–Trinajstić information content (AvgIpc) is 2.46. The molecule has 1 aromatic rings. The van der Waals surface area contributed by atoms with Crippen LogP contribution in [0.2, 0.25) is 0 Å². The molecule has 0 aliphatic rings. The summed E-state index contributed by atoms with van der Waals surface area (Å²) in [5.74, 6) is -0.460. The van der Waals surface area contributed by atoms with E-state index in [9.17, 15) is 21.6 Å². The Balaban J connectivity index is 2.56. The highest BCUT2D eigenvalue weighted by Crippen LogP contribution is 2.23. The molecule has 0 saturated carbocycles. The van der Waals surface area contributed by atoms with Gasteiger partial charge < -0.3 is 9.64 Å². The summed E-state index contributed by atoms with van der Waals surface area (Å²) in [6, 6.07) is 4.09. The largest absolute Gasteiger partial charge is 0.573 e. The molecule has 9 heteroatoms. The number of ether oxygens (including phenoxy) is 1. The van der Waals surface area contributed by atoms with Gasteiger partial charge in [0.15, 0.2) is 0 Å². The number of hydrogen-bond acceptors (Lipinski definition) is 4. The fourth-order valence-electron chi connectivity index (χ4n) is 1.95. The molecule has 132 valence electrons. The molecular formula is C14H21F3N2O3S. The highest BCUT2D eigenvalue weighted by atomic mass is 32.2. The zero-order valence-electron chi connectivity index (χ0n) is 13.1. The van der Waals surface area contributed by atoms with Crippen molar-refractivity contribution in [1.82, 2.24) is 9.62 Å². The van der Waals surface area contributed by atoms with Crippen LogP contribution in [-0.2, 0) is 10.0 Å². The van der Waals surface area contributed by atoms with E-state index < -0.39 is 22.1 Å². The Bertz CT molecular complexity index is 570. The molecule has 5 nitrogen and oxygen atoms in total. The van der Waals surface area contributed by atoms with E-state index in [0.717, 1.165) is 43.9 Å². The van der Waals surface area contributed by atoms with Gasteiger partial charge in [0.05, 0.1) is 4.90 Å². The monoisotopic (exact) mass is 354 g/mol. The minimum absolute atomic E-state index is 0.102. The van der Waals surface area contributed by atoms with Crippen molar-refractivity contribution in [2.75, 3.05) is 26.2 Å². The highest BCUT2D eigenvalue weighted by Gasteiger charge is 2.31. The number of rotatable bonds is 9. The maximum Gasteiger partial charge on any atom is 0.573 e. The number of sulfonamides is 1. The molecule has 0 aliphatic heterocycles. The number of nitrogens with one attached hydrogen (secondary N) is 1. The summed E-state index contributed by atoms with van der Waals surface area (Å²) in [6.45, 7) is 6.87. The third-order valence-electron chi connectivity index (χ3n) is 3.21. The molecule has 0 aromatic heterocycles. The molecule has 1 rings (SSSR count). The van der Waals surface area contributed by atoms with Crippen LogP contribution >= 0.6 is 0 Å². The Morgan fingerprint density at radius 2 is 1.70 bits per heavy atom. The van der Waals surface area contributed by atoms with Crippen molar-refractivity contribution >= 4 is 10.0 Å². The van der Waals surface area contributed by atoms with Crippen molar-refractivity contribution in [2.45, 2.75) is 31.5 Å². The summed E-state index contributed by atoms with van der Waals surface area (Å²) in [6.07, 6.45) is -4.15. The van der Waals surface area contributed by atoms with Crippen LogP contribution in [-0.4, -0.2) is 45.9 Å². The topological polar surface area (TPSA) is 58.6 Å². The molecule has 0 saturated heterocycles. The van der Waals surface area contributed by atoms with Gasteiger partial charge in [0.1, 0.15) is 5.75 Å². The first kappa shape index (κ1) is 19.7. The minimum atomic E-state index is -4.80. The van der Waals surface area contributed by atoms with Gasteiger partial charge in [-0.3, -0.25) is 0 Å². The molecule has 0 heterocycles. The molecule has 0 aliphatic carbocycles. The lowest BCUT2D eigenvalue weighted by Gasteiger charge is -2.17. The van der Waals surface area contributed by atoms with Crippen molar-refractivity contribution in [2.24, 2.45) is 0 Å². The second kappa shape index (κ2) is 8.51. The van der Waals surface area contributed by atoms with Crippen LogP contribution in [0, 0.1) is 0 Å². The first-order valence-corrected chi connectivity index (χ1v) is 8.74. The standard InChI is InChI=1S/C14H21F3N2O3S/c1-3-19(4-2)11-5-10-18-23(20,21)13-8-6-12(7-9-13)22-14(15,16)17/h6-9,18H,3-5,10-11H2,1-2H3. The lowest BCUT2D eigenvalue weighted by Crippen LogP contribution is -2.30. The molecule has 0 unspecified atom stereocenters. The second-order valence-electron chi connectivity index (χ2n) is 4.80. The van der Waals surface area contributed by atoms with E-state index in [1.54, 1.807) is 0 Å². The first-order chi connectivity index (χ1) is 10.7. The van der Waals surface area contributed by atoms with Crippen LogP contribution in [0.25, 0.3) is 0 Å². The summed E-state index contributed by atoms with van der Waals surface area (Å²) < 4.78 is 66.3. The van der Waals surface area contributed by atoms with Crippen LogP contribution in [0.4, 0.5) is 13.2 Å². The normalized spacial score (nSPS) is 12.6. The summed E-state index contributed by atoms with van der Waals surface area (Å²) in [7, 11) is -3.74. The third-order valence-corrected chi connectivity index (χ3v) is 4.68. The van der Waals surface area contributed by atoms with E-state index in [4.69, 9.17) is 0 Å². The first-order valence-electron chi connectivity index (χ1n) is 7.25. The smallest absolute Gasteiger partial charge is 0.406 e. The van der Waals surface area contributed by atoms with E-state index in [2.05, 4.69) is 14.4 Å². The molecule has 0 amide bonds. The summed E-state index contributed by atoms with van der Waals surface area (Å²) >= 11 is 0. The number of alkyl halides is 3. The van der Waals surface area contributed by atoms with E-state index in [0.29, 0.717) is 6.42 Å². The number of halogens is 3. The molecule has 0 radical (unpaired) electrons. The Hall–Kier alpha value is -1.32. The van der Waals surface area contributed by atoms with Gasteiger partial charge in [-0.1, -0.05) is 13.8 Å². The predicted molar refractivity (Wildman–Crippen MR) is 80.7 cm³/mol. The van der Waals surface area contributed by atoms with Gasteiger partial charge in [-0.15, -0.1) is 13.2 Å². The average molecular weight is 354 g/mol. The SMILES string of the molecule is CCN(CC)CCCNS(=O)(=O)c1ccc(OC(F)(F)F)cc1. The predicted octanol–water partition coefficient (Wildman–Crippen LogP) is 2.60. The third kappa shape index (κ3) is 7.19. The maximum atomic E-state index is 12.0. The van der Waals surface area contributed by atoms with Gasteiger partial charge in [0, 0.05) is 6.54 Å². The van der Waals surface area contributed by atoms with Gasteiger partial charge in [-0.05, 0) is 50.3 Å². The Morgan fingerprint density at radius 3 is 2.17 bits per heavy atom. The van der Waals surface area contributed by atoms with Crippen LogP contribution in [0.1, 0.15) is 20.3 Å². The van der Waals surface area contributed by atoms with Gasteiger partial charge in [-0.2, -0.15) is 0 Å². The lowest BCUT2D eigenvalue weighted by atomic mass is 10.3. The Labute approximate surface area is 134 Å². The molecule has 0 atom stereocenters. The molecule has 0 spiro atoms. The van der Waals surface area contributed by atoms with Crippen LogP contribution in [0.3, 0.4) is 0 Å². The molecule has 23 heavy (non-hydrogen) atoms. The number of benzene rings is 1. The van der Waals surface area contributed by atoms with Gasteiger partial charge in [-0.25, -0.2) is 13.1 Å². The van der Waals surface area contributed by atoms with Crippen LogP contribution in [0.15, 0.2) is 29.2 Å². The van der Waals surface area contributed by atoms with Crippen molar-refractivity contribution < 1.29 is 26.3 Å². The zero-order chi connectivity index (χ0) is 17.5. The minimum Gasteiger partial charge on any atom is -0.406 e. The summed E-state index contributed by atoms with van der Waals surface area (Å²) in [5, 5.41) is 0. The van der Waals surface area contributed by atoms with Crippen LogP contribution < -0.4 is 9.46 Å².